The predicted octanol–water partition coefficient (Wildman–Crippen LogP) is 9.50. The molecule has 4 atom stereocenters. The number of hydrogen-bond donors (Lipinski definition) is 5. The number of likely N-dealkylation sites (tertiary alicyclic amines) is 1. The lowest BCUT2D eigenvalue weighted by Crippen LogP contribution is -2.57. The number of carbonyl (C=O) groups excluding carboxylic acids is 4. The summed E-state index contributed by atoms with van der Waals surface area (Å²) in [5.74, 6) is 0.605. The minimum atomic E-state index is -0.850. The Kier molecular flexibility index (Phi) is 16.6. The van der Waals surface area contributed by atoms with Crippen molar-refractivity contribution in [2.24, 2.45) is 5.41 Å². The number of β-amino-alcohol motifs (C(OH)–C–C–N with tert-alkyl or cyclic N) is 1. The third-order valence-corrected chi connectivity index (χ3v) is 14.5. The lowest BCUT2D eigenvalue weighted by atomic mass is 9.85. The van der Waals surface area contributed by atoms with Gasteiger partial charge in [0.15, 0.2) is 5.78 Å². The van der Waals surface area contributed by atoms with Gasteiger partial charge >= 0.3 is 0 Å². The Hall–Kier alpha value is -5.76. The highest BCUT2D eigenvalue weighted by Crippen LogP contribution is 2.42. The Labute approximate surface area is 404 Å². The molecule has 0 bridgehead atoms. The number of nitrogens with one attached hydrogen (secondary N) is 2. The minimum absolute atomic E-state index is 0.0402. The predicted molar refractivity (Wildman–Crippen MR) is 268 cm³/mol. The molecule has 2 heterocycles. The van der Waals surface area contributed by atoms with Crippen molar-refractivity contribution >= 4 is 44.9 Å². The largest absolute Gasteiger partial charge is 0.508 e. The molecule has 3 amide bonds. The number of phenols is 2. The van der Waals surface area contributed by atoms with Crippen LogP contribution in [-0.2, 0) is 14.4 Å². The zero-order valence-corrected chi connectivity index (χ0v) is 40.9. The monoisotopic (exact) mass is 944 g/mol. The van der Waals surface area contributed by atoms with Gasteiger partial charge in [0.1, 0.15) is 35.9 Å². The molecule has 12 nitrogen and oxygen atoms in total. The average Bonchev–Trinajstić information content (AvgIpc) is 4.00. The molecule has 13 heteroatoms. The third kappa shape index (κ3) is 12.9. The maximum Gasteiger partial charge on any atom is 0.246 e. The maximum absolute atomic E-state index is 14.1. The first-order valence-electron chi connectivity index (χ1n) is 24.3. The number of thiophene rings is 1. The molecule has 1 saturated carbocycles. The van der Waals surface area contributed by atoms with Crippen molar-refractivity contribution in [1.82, 2.24) is 20.4 Å². The van der Waals surface area contributed by atoms with Gasteiger partial charge in [0.05, 0.1) is 12.1 Å². The molecule has 4 aromatic carbocycles. The molecule has 2 fully saturated rings. The number of ketones is 1. The van der Waals surface area contributed by atoms with Gasteiger partial charge in [-0.3, -0.25) is 19.2 Å². The number of likely N-dealkylation sites (N-methyl/N-ethyl adjacent to an activating group) is 1. The van der Waals surface area contributed by atoms with Crippen molar-refractivity contribution in [3.05, 3.63) is 113 Å². The number of carbonyl (C=O) groups is 4. The van der Waals surface area contributed by atoms with Gasteiger partial charge < -0.3 is 40.5 Å². The van der Waals surface area contributed by atoms with Crippen molar-refractivity contribution in [1.29, 1.82) is 0 Å². The fourth-order valence-corrected chi connectivity index (χ4v) is 10.3. The normalized spacial score (nSPS) is 17.0. The molecule has 1 saturated heterocycles. The summed E-state index contributed by atoms with van der Waals surface area (Å²) in [4.78, 5) is 59.4. The number of benzene rings is 4. The van der Waals surface area contributed by atoms with Gasteiger partial charge in [0.25, 0.3) is 0 Å². The minimum Gasteiger partial charge on any atom is -0.508 e. The van der Waals surface area contributed by atoms with Gasteiger partial charge in [-0.2, -0.15) is 0 Å². The molecule has 2 aliphatic rings. The van der Waals surface area contributed by atoms with E-state index in [-0.39, 0.29) is 54.0 Å². The second-order valence-electron chi connectivity index (χ2n) is 19.6. The van der Waals surface area contributed by atoms with E-state index in [0.29, 0.717) is 42.2 Å². The summed E-state index contributed by atoms with van der Waals surface area (Å²) in [6.07, 6.45) is 6.68. The first-order chi connectivity index (χ1) is 32.6. The first-order valence-corrected chi connectivity index (χ1v) is 25.1. The van der Waals surface area contributed by atoms with Crippen LogP contribution in [0.2, 0.25) is 0 Å². The second kappa shape index (κ2) is 22.6. The summed E-state index contributed by atoms with van der Waals surface area (Å²) in [7, 11) is 0. The summed E-state index contributed by atoms with van der Waals surface area (Å²) < 4.78 is 6.89. The summed E-state index contributed by atoms with van der Waals surface area (Å²) in [5.41, 5.74) is 3.58. The van der Waals surface area contributed by atoms with Gasteiger partial charge in [-0.05, 0) is 140 Å². The number of aliphatic hydroxyl groups is 1. The van der Waals surface area contributed by atoms with Crippen LogP contribution in [0.25, 0.3) is 20.5 Å². The topological polar surface area (TPSA) is 169 Å². The average molecular weight is 945 g/mol. The third-order valence-electron chi connectivity index (χ3n) is 13.3. The zero-order valence-electron chi connectivity index (χ0n) is 40.1. The molecule has 68 heavy (non-hydrogen) atoms. The van der Waals surface area contributed by atoms with E-state index >= 15 is 0 Å². The highest BCUT2D eigenvalue weighted by atomic mass is 32.1. The van der Waals surface area contributed by atoms with E-state index in [1.165, 1.54) is 34.6 Å². The van der Waals surface area contributed by atoms with Gasteiger partial charge in [-0.25, -0.2) is 0 Å². The number of phenolic OH excluding ortho intramolecular Hbond substituents is 2. The molecule has 5 aromatic rings. The number of aliphatic hydroxyl groups excluding tert-OH is 1. The number of amides is 3. The number of hydrogen-bond acceptors (Lipinski definition) is 10. The molecule has 0 radical (unpaired) electrons. The molecule has 362 valence electrons. The molecule has 2 unspecified atom stereocenters. The highest BCUT2D eigenvalue weighted by molar-refractivity contribution is 7.22. The Bertz CT molecular complexity index is 2510. The van der Waals surface area contributed by atoms with Crippen molar-refractivity contribution < 1.29 is 39.2 Å². The van der Waals surface area contributed by atoms with Crippen molar-refractivity contribution in [3.8, 4) is 27.7 Å². The fourth-order valence-electron chi connectivity index (χ4n) is 9.07. The molecule has 0 spiro atoms. The quantitative estimate of drug-likeness (QED) is 0.0335. The van der Waals surface area contributed by atoms with E-state index in [2.05, 4.69) is 34.6 Å². The van der Waals surface area contributed by atoms with E-state index in [0.717, 1.165) is 71.4 Å². The van der Waals surface area contributed by atoms with Crippen molar-refractivity contribution in [2.45, 2.75) is 123 Å². The van der Waals surface area contributed by atoms with Crippen LogP contribution in [0.15, 0.2) is 91.0 Å². The van der Waals surface area contributed by atoms with Crippen LogP contribution in [0.1, 0.15) is 131 Å². The summed E-state index contributed by atoms with van der Waals surface area (Å²) in [6.45, 7) is 12.9. The van der Waals surface area contributed by atoms with Crippen LogP contribution in [0, 0.1) is 5.41 Å². The smallest absolute Gasteiger partial charge is 0.246 e. The van der Waals surface area contributed by atoms with Gasteiger partial charge in [0, 0.05) is 52.0 Å². The summed E-state index contributed by atoms with van der Waals surface area (Å²) >= 11 is 1.43. The first kappa shape index (κ1) is 50.1. The Morgan fingerprint density at radius 3 is 2.19 bits per heavy atom. The van der Waals surface area contributed by atoms with E-state index < -0.39 is 23.6 Å². The molecule has 7 rings (SSSR count). The lowest BCUT2D eigenvalue weighted by molar-refractivity contribution is -0.144. The van der Waals surface area contributed by atoms with Crippen LogP contribution in [0.4, 0.5) is 0 Å². The van der Waals surface area contributed by atoms with E-state index in [9.17, 15) is 34.5 Å². The summed E-state index contributed by atoms with van der Waals surface area (Å²) in [6, 6.07) is 25.4. The van der Waals surface area contributed by atoms with E-state index in [1.807, 2.05) is 52.0 Å². The number of nitrogens with zero attached hydrogens (tertiary/aromatic N) is 2. The van der Waals surface area contributed by atoms with Crippen molar-refractivity contribution in [2.75, 3.05) is 32.8 Å². The van der Waals surface area contributed by atoms with Crippen LogP contribution in [0.5, 0.6) is 17.2 Å². The molecular formula is C55H68N4O8S. The molecule has 1 aromatic heterocycles. The summed E-state index contributed by atoms with van der Waals surface area (Å²) in [5, 5.41) is 37.4. The van der Waals surface area contributed by atoms with Crippen LogP contribution in [-0.4, -0.2) is 99.6 Å². The van der Waals surface area contributed by atoms with Gasteiger partial charge in [0.2, 0.25) is 17.7 Å². The zero-order chi connectivity index (χ0) is 48.5. The van der Waals surface area contributed by atoms with Crippen LogP contribution >= 0.6 is 11.3 Å². The lowest BCUT2D eigenvalue weighted by Gasteiger charge is -2.35. The van der Waals surface area contributed by atoms with Crippen LogP contribution in [0.3, 0.4) is 0 Å². The van der Waals surface area contributed by atoms with E-state index in [4.69, 9.17) is 4.74 Å². The number of ether oxygens (including phenoxy) is 1. The van der Waals surface area contributed by atoms with Crippen LogP contribution < -0.4 is 15.4 Å². The molecule has 1 aliphatic heterocycles. The van der Waals surface area contributed by atoms with Gasteiger partial charge in [-0.1, -0.05) is 71.2 Å². The maximum atomic E-state index is 14.1. The SMILES string of the molecule is CCN(CCCCCCCC(=O)NC(C(=O)N1C[C@H](O)C[C@H]1C(=O)NC(C)c1ccc(C2CC2)cc1)C(C)(C)C)CCOc1ccc(C(=O)c2c(-c3ccc(O)cc3)sc3cc(O)ccc23)cc1. The van der Waals surface area contributed by atoms with Crippen molar-refractivity contribution in [3.63, 3.8) is 0 Å². The standard InChI is InChI=1S/C55H68N4O8S/c1-6-58(30-31-67-44-26-21-39(22-27-44)50(64)49-45-28-25-42(61)33-47(45)68-51(49)40-19-23-41(60)24-20-40)29-11-9-7-8-10-12-48(63)57-52(55(3,4)5)54(66)59-34-43(62)32-46(59)53(65)56-35(2)36-13-15-37(16-14-36)38-17-18-38/h13-16,19-28,33,35,38,43,46,52,60-62H,6-12,17-18,29-32,34H2,1-5H3,(H,56,65)(H,57,63)/t35?,43-,46+,52?/m1/s1. The van der Waals surface area contributed by atoms with Gasteiger partial charge in [-0.15, -0.1) is 11.3 Å². The number of fused-ring (bicyclic) bond motifs is 1. The number of rotatable bonds is 22. The number of aromatic hydroxyl groups is 2. The Morgan fingerprint density at radius 1 is 0.838 bits per heavy atom. The molecule has 1 aliphatic carbocycles. The molecular weight excluding hydrogens is 877 g/mol. The molecule has 5 N–H and O–H groups in total. The fraction of sp³-hybridized carbons (Fsp3) is 0.455. The number of unbranched alkanes of at least 4 members (excludes halogenated alkanes) is 4. The Balaban J connectivity index is 0.809. The van der Waals surface area contributed by atoms with E-state index in [1.54, 1.807) is 54.6 Å². The highest BCUT2D eigenvalue weighted by Gasteiger charge is 2.44. The Morgan fingerprint density at radius 2 is 1.51 bits per heavy atom. The second-order valence-corrected chi connectivity index (χ2v) is 20.7.